The number of hydrogen-bond acceptors (Lipinski definition) is 4. The third-order valence-electron chi connectivity index (χ3n) is 2.36. The summed E-state index contributed by atoms with van der Waals surface area (Å²) in [6.45, 7) is 3.64. The second-order valence-corrected chi connectivity index (χ2v) is 3.66. The molecule has 0 saturated heterocycles. The summed E-state index contributed by atoms with van der Waals surface area (Å²) in [7, 11) is 3.57. The van der Waals surface area contributed by atoms with Crippen LogP contribution in [0.4, 0.5) is 0 Å². The van der Waals surface area contributed by atoms with Crippen molar-refractivity contribution in [1.82, 2.24) is 20.4 Å². The van der Waals surface area contributed by atoms with Crippen molar-refractivity contribution in [1.29, 1.82) is 0 Å². The van der Waals surface area contributed by atoms with E-state index in [1.165, 1.54) is 0 Å². The minimum Gasteiger partial charge on any atom is -0.380 e. The average molecular weight is 240 g/mol. The molecule has 0 bridgehead atoms. The van der Waals surface area contributed by atoms with E-state index in [1.54, 1.807) is 17.9 Å². The Labute approximate surface area is 101 Å². The Morgan fingerprint density at radius 3 is 2.94 bits per heavy atom. The predicted molar refractivity (Wildman–Crippen MR) is 64.5 cm³/mol. The molecule has 1 rings (SSSR count). The smallest absolute Gasteiger partial charge is 0.241 e. The highest BCUT2D eigenvalue weighted by molar-refractivity contribution is 5.82. The van der Waals surface area contributed by atoms with E-state index < -0.39 is 0 Å². The molecule has 1 unspecified atom stereocenters. The normalized spacial score (nSPS) is 12.4. The summed E-state index contributed by atoms with van der Waals surface area (Å²) in [5, 5.41) is 9.83. The van der Waals surface area contributed by atoms with Crippen LogP contribution in [0.5, 0.6) is 0 Å². The van der Waals surface area contributed by atoms with Crippen molar-refractivity contribution < 1.29 is 9.53 Å². The number of nitrogens with zero attached hydrogens (tertiary/aromatic N) is 2. The molecule has 0 aliphatic rings. The molecule has 17 heavy (non-hydrogen) atoms. The Hall–Kier alpha value is -1.40. The minimum absolute atomic E-state index is 0.0693. The number of amides is 1. The summed E-state index contributed by atoms with van der Waals surface area (Å²) in [4.78, 5) is 11.9. The van der Waals surface area contributed by atoms with Gasteiger partial charge in [0.2, 0.25) is 5.91 Å². The molecule has 2 N–H and O–H groups in total. The van der Waals surface area contributed by atoms with Crippen LogP contribution < -0.4 is 10.6 Å². The van der Waals surface area contributed by atoms with Gasteiger partial charge in [0, 0.05) is 32.0 Å². The maximum Gasteiger partial charge on any atom is 0.241 e. The van der Waals surface area contributed by atoms with E-state index in [0.717, 1.165) is 5.56 Å². The first-order valence-electron chi connectivity index (χ1n) is 5.70. The number of rotatable bonds is 7. The first-order chi connectivity index (χ1) is 8.19. The molecular weight excluding hydrogens is 220 g/mol. The van der Waals surface area contributed by atoms with Gasteiger partial charge in [-0.3, -0.25) is 9.48 Å². The van der Waals surface area contributed by atoms with Gasteiger partial charge in [-0.2, -0.15) is 5.10 Å². The monoisotopic (exact) mass is 240 g/mol. The number of carbonyl (C=O) groups is 1. The van der Waals surface area contributed by atoms with Crippen molar-refractivity contribution in [3.05, 3.63) is 18.0 Å². The average Bonchev–Trinajstić information content (AvgIpc) is 2.72. The van der Waals surface area contributed by atoms with Gasteiger partial charge in [0.1, 0.15) is 6.04 Å². The fourth-order valence-electron chi connectivity index (χ4n) is 1.53. The lowest BCUT2D eigenvalue weighted by Gasteiger charge is -2.14. The van der Waals surface area contributed by atoms with Crippen LogP contribution in [-0.2, 0) is 16.6 Å². The van der Waals surface area contributed by atoms with Crippen LogP contribution >= 0.6 is 0 Å². The lowest BCUT2D eigenvalue weighted by molar-refractivity contribution is -0.123. The summed E-state index contributed by atoms with van der Waals surface area (Å²) < 4.78 is 6.83. The molecule has 1 atom stereocenters. The number of hydrogen-bond donors (Lipinski definition) is 2. The maximum atomic E-state index is 11.9. The molecular formula is C11H20N4O2. The summed E-state index contributed by atoms with van der Waals surface area (Å²) in [5.41, 5.74) is 0.851. The van der Waals surface area contributed by atoms with Crippen LogP contribution in [0.2, 0.25) is 0 Å². The third kappa shape index (κ3) is 4.16. The van der Waals surface area contributed by atoms with Gasteiger partial charge in [-0.05, 0) is 14.0 Å². The summed E-state index contributed by atoms with van der Waals surface area (Å²) in [6.07, 6.45) is 3.51. The highest BCUT2D eigenvalue weighted by Crippen LogP contribution is 2.10. The van der Waals surface area contributed by atoms with E-state index >= 15 is 0 Å². The van der Waals surface area contributed by atoms with Crippen molar-refractivity contribution >= 4 is 5.91 Å². The SMILES string of the molecule is CCOCCNC(=O)C(NC)c1cnn(C)c1. The number of carbonyl (C=O) groups excluding carboxylic acids is 1. The van der Waals surface area contributed by atoms with E-state index in [0.29, 0.717) is 19.8 Å². The zero-order valence-corrected chi connectivity index (χ0v) is 10.6. The quantitative estimate of drug-likeness (QED) is 0.650. The van der Waals surface area contributed by atoms with Gasteiger partial charge in [-0.1, -0.05) is 0 Å². The van der Waals surface area contributed by atoms with Gasteiger partial charge in [-0.15, -0.1) is 0 Å². The minimum atomic E-state index is -0.370. The van der Waals surface area contributed by atoms with Crippen molar-refractivity contribution in [2.75, 3.05) is 26.8 Å². The topological polar surface area (TPSA) is 68.2 Å². The van der Waals surface area contributed by atoms with E-state index in [-0.39, 0.29) is 11.9 Å². The highest BCUT2D eigenvalue weighted by Gasteiger charge is 2.19. The van der Waals surface area contributed by atoms with Crippen LogP contribution in [0.25, 0.3) is 0 Å². The number of aryl methyl sites for hydroxylation is 1. The van der Waals surface area contributed by atoms with Gasteiger partial charge >= 0.3 is 0 Å². The van der Waals surface area contributed by atoms with Crippen molar-refractivity contribution in [2.24, 2.45) is 7.05 Å². The molecule has 6 heteroatoms. The van der Waals surface area contributed by atoms with Crippen LogP contribution in [0.3, 0.4) is 0 Å². The zero-order chi connectivity index (χ0) is 12.7. The largest absolute Gasteiger partial charge is 0.380 e. The molecule has 1 aromatic heterocycles. The van der Waals surface area contributed by atoms with Gasteiger partial charge in [0.15, 0.2) is 0 Å². The van der Waals surface area contributed by atoms with Gasteiger partial charge < -0.3 is 15.4 Å². The maximum absolute atomic E-state index is 11.9. The van der Waals surface area contributed by atoms with Crippen LogP contribution in [0.1, 0.15) is 18.5 Å². The lowest BCUT2D eigenvalue weighted by atomic mass is 10.1. The fraction of sp³-hybridized carbons (Fsp3) is 0.636. The van der Waals surface area contributed by atoms with E-state index in [4.69, 9.17) is 4.74 Å². The Morgan fingerprint density at radius 2 is 2.41 bits per heavy atom. The molecule has 0 spiro atoms. The number of ether oxygens (including phenoxy) is 1. The Bertz CT molecular complexity index is 351. The van der Waals surface area contributed by atoms with Gasteiger partial charge in [0.25, 0.3) is 0 Å². The number of likely N-dealkylation sites (N-methyl/N-ethyl adjacent to an activating group) is 1. The fourth-order valence-corrected chi connectivity index (χ4v) is 1.53. The van der Waals surface area contributed by atoms with Gasteiger partial charge in [0.05, 0.1) is 12.8 Å². The third-order valence-corrected chi connectivity index (χ3v) is 2.36. The van der Waals surface area contributed by atoms with E-state index in [2.05, 4.69) is 15.7 Å². The summed E-state index contributed by atoms with van der Waals surface area (Å²) in [6, 6.07) is -0.370. The molecule has 1 aromatic rings. The van der Waals surface area contributed by atoms with Crippen molar-refractivity contribution in [3.8, 4) is 0 Å². The first kappa shape index (κ1) is 13.7. The van der Waals surface area contributed by atoms with Crippen molar-refractivity contribution in [3.63, 3.8) is 0 Å². The molecule has 0 radical (unpaired) electrons. The Kier molecular flexibility index (Phi) is 5.65. The Morgan fingerprint density at radius 1 is 1.65 bits per heavy atom. The highest BCUT2D eigenvalue weighted by atomic mass is 16.5. The predicted octanol–water partition coefficient (Wildman–Crippen LogP) is -0.167. The molecule has 6 nitrogen and oxygen atoms in total. The molecule has 96 valence electrons. The first-order valence-corrected chi connectivity index (χ1v) is 5.70. The molecule has 0 saturated carbocycles. The van der Waals surface area contributed by atoms with Crippen LogP contribution in [-0.4, -0.2) is 42.5 Å². The molecule has 1 heterocycles. The molecule has 0 aromatic carbocycles. The second kappa shape index (κ2) is 7.03. The van der Waals surface area contributed by atoms with E-state index in [1.807, 2.05) is 20.2 Å². The molecule has 0 aliphatic heterocycles. The second-order valence-electron chi connectivity index (χ2n) is 3.66. The molecule has 0 aliphatic carbocycles. The number of nitrogens with one attached hydrogen (secondary N) is 2. The molecule has 0 fully saturated rings. The summed E-state index contributed by atoms with van der Waals surface area (Å²) in [5.74, 6) is -0.0693. The molecule has 1 amide bonds. The standard InChI is InChI=1S/C11H20N4O2/c1-4-17-6-5-13-11(16)10(12-2)9-7-14-15(3)8-9/h7-8,10,12H,4-6H2,1-3H3,(H,13,16). The van der Waals surface area contributed by atoms with E-state index in [9.17, 15) is 4.79 Å². The van der Waals surface area contributed by atoms with Crippen LogP contribution in [0.15, 0.2) is 12.4 Å². The van der Waals surface area contributed by atoms with Crippen molar-refractivity contribution in [2.45, 2.75) is 13.0 Å². The van der Waals surface area contributed by atoms with Crippen LogP contribution in [0, 0.1) is 0 Å². The lowest BCUT2D eigenvalue weighted by Crippen LogP contribution is -2.37. The summed E-state index contributed by atoms with van der Waals surface area (Å²) >= 11 is 0. The van der Waals surface area contributed by atoms with Gasteiger partial charge in [-0.25, -0.2) is 0 Å². The Balaban J connectivity index is 2.47. The number of aromatic nitrogens is 2. The zero-order valence-electron chi connectivity index (χ0n) is 10.6.